The van der Waals surface area contributed by atoms with E-state index in [0.717, 1.165) is 0 Å². The number of methoxy groups -OCH3 is 1. The van der Waals surface area contributed by atoms with Crippen LogP contribution in [0.3, 0.4) is 0 Å². The highest BCUT2D eigenvalue weighted by Crippen LogP contribution is 2.30. The van der Waals surface area contributed by atoms with Crippen LogP contribution in [0.1, 0.15) is 16.8 Å². The maximum Gasteiger partial charge on any atom is 0.335 e. The Morgan fingerprint density at radius 2 is 2.06 bits per heavy atom. The lowest BCUT2D eigenvalue weighted by atomic mass is 10.2. The van der Waals surface area contributed by atoms with Crippen LogP contribution in [-0.2, 0) is 9.59 Å². The molecule has 2 aromatic carbocycles. The van der Waals surface area contributed by atoms with Gasteiger partial charge in [0.25, 0.3) is 0 Å². The van der Waals surface area contributed by atoms with Gasteiger partial charge in [0.2, 0.25) is 11.8 Å². The summed E-state index contributed by atoms with van der Waals surface area (Å²) in [6.45, 7) is 3.97. The third-order valence-corrected chi connectivity index (χ3v) is 5.61. The van der Waals surface area contributed by atoms with Gasteiger partial charge in [-0.15, -0.1) is 6.58 Å². The number of carbonyl (C=O) groups is 3. The number of carboxylic acids is 1. The Kier molecular flexibility index (Phi) is 7.09. The van der Waals surface area contributed by atoms with E-state index >= 15 is 0 Å². The second-order valence-electron chi connectivity index (χ2n) is 6.57. The topological polar surface area (TPSA) is 108 Å². The number of ether oxygens (including phenoxy) is 1. The fourth-order valence-corrected chi connectivity index (χ4v) is 3.97. The number of anilines is 1. The van der Waals surface area contributed by atoms with Crippen molar-refractivity contribution in [3.8, 4) is 5.75 Å². The van der Waals surface area contributed by atoms with Crippen molar-refractivity contribution in [2.75, 3.05) is 19.0 Å². The van der Waals surface area contributed by atoms with Gasteiger partial charge in [-0.3, -0.25) is 14.5 Å². The second-order valence-corrected chi connectivity index (χ2v) is 7.74. The van der Waals surface area contributed by atoms with Crippen molar-refractivity contribution in [2.45, 2.75) is 11.7 Å². The summed E-state index contributed by atoms with van der Waals surface area (Å²) in [5.41, 5.74) is 1.16. The van der Waals surface area contributed by atoms with E-state index in [2.05, 4.69) is 16.9 Å². The van der Waals surface area contributed by atoms with Gasteiger partial charge < -0.3 is 15.2 Å². The lowest BCUT2D eigenvalue weighted by molar-refractivity contribution is -0.129. The van der Waals surface area contributed by atoms with Crippen LogP contribution in [-0.4, -0.2) is 51.9 Å². The number of amidine groups is 1. The van der Waals surface area contributed by atoms with Gasteiger partial charge in [0, 0.05) is 24.7 Å². The molecule has 2 aromatic rings. The first-order valence-corrected chi connectivity index (χ1v) is 10.2. The van der Waals surface area contributed by atoms with Crippen LogP contribution in [0.25, 0.3) is 0 Å². The number of carbonyl (C=O) groups excluding carboxylic acids is 2. The molecule has 1 saturated heterocycles. The van der Waals surface area contributed by atoms with Crippen LogP contribution in [0.2, 0.25) is 0 Å². The van der Waals surface area contributed by atoms with Crippen molar-refractivity contribution >= 4 is 46.1 Å². The molecule has 0 saturated carbocycles. The molecule has 1 aliphatic heterocycles. The molecule has 1 aliphatic rings. The van der Waals surface area contributed by atoms with E-state index in [1.165, 1.54) is 40.9 Å². The number of hydrogen-bond acceptors (Lipinski definition) is 6. The average Bonchev–Trinajstić information content (AvgIpc) is 2.76. The van der Waals surface area contributed by atoms with E-state index in [1.54, 1.807) is 37.5 Å². The fraction of sp³-hybridized carbons (Fsp3) is 0.182. The Labute approximate surface area is 183 Å². The van der Waals surface area contributed by atoms with Gasteiger partial charge in [-0.25, -0.2) is 9.79 Å². The first kappa shape index (κ1) is 22.1. The summed E-state index contributed by atoms with van der Waals surface area (Å²) in [5, 5.41) is 11.4. The number of aliphatic imine (C=N–C) groups is 1. The van der Waals surface area contributed by atoms with E-state index < -0.39 is 11.2 Å². The Bertz CT molecular complexity index is 1040. The maximum atomic E-state index is 12.8. The van der Waals surface area contributed by atoms with Gasteiger partial charge in [0.15, 0.2) is 5.17 Å². The molecule has 0 bridgehead atoms. The van der Waals surface area contributed by atoms with Crippen molar-refractivity contribution in [3.63, 3.8) is 0 Å². The molecule has 1 heterocycles. The Morgan fingerprint density at radius 3 is 2.71 bits per heavy atom. The highest BCUT2D eigenvalue weighted by molar-refractivity contribution is 8.15. The lowest BCUT2D eigenvalue weighted by Crippen LogP contribution is -2.45. The summed E-state index contributed by atoms with van der Waals surface area (Å²) in [6, 6.07) is 12.9. The molecule has 0 aromatic heterocycles. The number of nitrogens with one attached hydrogen (secondary N) is 1. The molecule has 31 heavy (non-hydrogen) atoms. The number of nitrogens with zero attached hydrogens (tertiary/aromatic N) is 2. The normalized spacial score (nSPS) is 17.3. The van der Waals surface area contributed by atoms with Crippen LogP contribution in [0.4, 0.5) is 11.4 Å². The van der Waals surface area contributed by atoms with Crippen LogP contribution < -0.4 is 10.1 Å². The van der Waals surface area contributed by atoms with Crippen molar-refractivity contribution in [1.82, 2.24) is 4.90 Å². The smallest absolute Gasteiger partial charge is 0.335 e. The summed E-state index contributed by atoms with van der Waals surface area (Å²) < 4.78 is 5.21. The first-order chi connectivity index (χ1) is 14.9. The molecule has 9 heteroatoms. The third-order valence-electron chi connectivity index (χ3n) is 4.42. The van der Waals surface area contributed by atoms with Crippen molar-refractivity contribution in [2.24, 2.45) is 4.99 Å². The number of thioether (sulfide) groups is 1. The quantitative estimate of drug-likeness (QED) is 0.639. The zero-order valence-corrected chi connectivity index (χ0v) is 17.6. The molecule has 1 fully saturated rings. The van der Waals surface area contributed by atoms with Gasteiger partial charge >= 0.3 is 5.97 Å². The fourth-order valence-electron chi connectivity index (χ4n) is 2.86. The molecular formula is C22H21N3O5S. The molecule has 2 N–H and O–H groups in total. The molecule has 0 radical (unpaired) electrons. The number of aromatic carboxylic acids is 1. The number of benzene rings is 2. The van der Waals surface area contributed by atoms with E-state index in [1.807, 2.05) is 0 Å². The van der Waals surface area contributed by atoms with E-state index in [9.17, 15) is 14.4 Å². The predicted octanol–water partition coefficient (Wildman–Crippen LogP) is 3.54. The van der Waals surface area contributed by atoms with Crippen LogP contribution in [0, 0.1) is 0 Å². The summed E-state index contributed by atoms with van der Waals surface area (Å²) in [7, 11) is 1.55. The van der Waals surface area contributed by atoms with E-state index in [4.69, 9.17) is 9.84 Å². The van der Waals surface area contributed by atoms with Gasteiger partial charge in [-0.2, -0.15) is 0 Å². The lowest BCUT2D eigenvalue weighted by Gasteiger charge is -2.31. The van der Waals surface area contributed by atoms with Crippen LogP contribution >= 0.6 is 11.8 Å². The Balaban J connectivity index is 1.81. The molecular weight excluding hydrogens is 418 g/mol. The monoisotopic (exact) mass is 439 g/mol. The molecule has 0 spiro atoms. The number of carboxylic acid groups (broad SMARTS) is 1. The minimum absolute atomic E-state index is 0.00861. The minimum Gasteiger partial charge on any atom is -0.497 e. The van der Waals surface area contributed by atoms with Crippen molar-refractivity contribution in [3.05, 3.63) is 66.7 Å². The van der Waals surface area contributed by atoms with E-state index in [0.29, 0.717) is 22.3 Å². The molecule has 3 rings (SSSR count). The average molecular weight is 439 g/mol. The highest BCUT2D eigenvalue weighted by atomic mass is 32.2. The molecule has 0 unspecified atom stereocenters. The van der Waals surface area contributed by atoms with Crippen molar-refractivity contribution in [1.29, 1.82) is 0 Å². The van der Waals surface area contributed by atoms with Gasteiger partial charge in [0.05, 0.1) is 18.4 Å². The third kappa shape index (κ3) is 5.52. The second kappa shape index (κ2) is 9.94. The highest BCUT2D eigenvalue weighted by Gasteiger charge is 2.35. The van der Waals surface area contributed by atoms with E-state index in [-0.39, 0.29) is 30.3 Å². The number of hydrogen-bond donors (Lipinski definition) is 2. The Morgan fingerprint density at radius 1 is 1.32 bits per heavy atom. The largest absolute Gasteiger partial charge is 0.497 e. The maximum absolute atomic E-state index is 12.8. The summed E-state index contributed by atoms with van der Waals surface area (Å²) >= 11 is 1.19. The van der Waals surface area contributed by atoms with Gasteiger partial charge in [0.1, 0.15) is 11.0 Å². The number of rotatable bonds is 7. The minimum atomic E-state index is -1.05. The summed E-state index contributed by atoms with van der Waals surface area (Å²) in [6.07, 6.45) is 1.61. The predicted molar refractivity (Wildman–Crippen MR) is 120 cm³/mol. The molecule has 8 nitrogen and oxygen atoms in total. The summed E-state index contributed by atoms with van der Waals surface area (Å²) in [4.78, 5) is 42.5. The van der Waals surface area contributed by atoms with Crippen molar-refractivity contribution < 1.29 is 24.2 Å². The molecule has 0 aliphatic carbocycles. The molecule has 1 atom stereocenters. The molecule has 160 valence electrons. The zero-order chi connectivity index (χ0) is 22.4. The van der Waals surface area contributed by atoms with Crippen LogP contribution in [0.15, 0.2) is 66.2 Å². The first-order valence-electron chi connectivity index (χ1n) is 9.36. The SMILES string of the molecule is C=CCN1C(=O)C[C@@H](C(=O)Nc2ccc(C(=O)O)cc2)SC1=Nc1cccc(OC)c1. The molecule has 2 amide bonds. The standard InChI is InChI=1S/C22H21N3O5S/c1-3-11-25-19(26)13-18(20(27)23-15-9-7-14(8-10-15)21(28)29)31-22(25)24-16-5-4-6-17(12-16)30-2/h3-10,12,18H,1,11,13H2,2H3,(H,23,27)(H,28,29)/t18-/m0/s1. The number of amides is 2. The zero-order valence-electron chi connectivity index (χ0n) is 16.8. The van der Waals surface area contributed by atoms with Crippen LogP contribution in [0.5, 0.6) is 5.75 Å². The van der Waals surface area contributed by atoms with Gasteiger partial charge in [-0.05, 0) is 36.4 Å². The van der Waals surface area contributed by atoms with Gasteiger partial charge in [-0.1, -0.05) is 23.9 Å². The Hall–Kier alpha value is -3.59. The summed E-state index contributed by atoms with van der Waals surface area (Å²) in [5.74, 6) is -1.02.